The van der Waals surface area contributed by atoms with Crippen molar-refractivity contribution in [1.29, 1.82) is 0 Å². The monoisotopic (exact) mass is 441 g/mol. The molecule has 3 rings (SSSR count). The van der Waals surface area contributed by atoms with Crippen LogP contribution in [0.2, 0.25) is 5.02 Å². The van der Waals surface area contributed by atoms with Crippen LogP contribution < -0.4 is 21.1 Å². The van der Waals surface area contributed by atoms with E-state index in [1.807, 2.05) is 35.9 Å². The predicted octanol–water partition coefficient (Wildman–Crippen LogP) is 3.09. The Balaban J connectivity index is 1.85. The molecule has 0 saturated heterocycles. The number of primary amides is 1. The van der Waals surface area contributed by atoms with Gasteiger partial charge in [-0.2, -0.15) is 0 Å². The second-order valence-corrected chi connectivity index (χ2v) is 7.36. The number of halogens is 1. The minimum Gasteiger partial charge on any atom is -0.497 e. The highest BCUT2D eigenvalue weighted by molar-refractivity contribution is 6.31. The van der Waals surface area contributed by atoms with E-state index in [0.717, 1.165) is 5.56 Å². The summed E-state index contributed by atoms with van der Waals surface area (Å²) in [5.74, 6) is 1.07. The first-order valence-corrected chi connectivity index (χ1v) is 9.97. The number of nitrogens with one attached hydrogen (secondary N) is 2. The summed E-state index contributed by atoms with van der Waals surface area (Å²) < 4.78 is 7.06. The van der Waals surface area contributed by atoms with Crippen LogP contribution in [0.25, 0.3) is 0 Å². The van der Waals surface area contributed by atoms with Gasteiger partial charge < -0.3 is 25.7 Å². The standard InChI is InChI=1S/C22H24ClN5O3/c1-28-12-11-25-21(28)20(14-7-9-15(31-2)10-8-14)27-19(29)13-18(26-22(24)30)16-5-3-4-6-17(16)23/h3-12,18,20H,13H2,1-2H3,(H,27,29)(H3,24,26,30)/t18-,20+/m1/s1. The van der Waals surface area contributed by atoms with Gasteiger partial charge in [0.25, 0.3) is 0 Å². The van der Waals surface area contributed by atoms with Crippen LogP contribution in [0, 0.1) is 0 Å². The number of urea groups is 1. The number of nitrogens with zero attached hydrogens (tertiary/aromatic N) is 2. The number of hydrogen-bond acceptors (Lipinski definition) is 4. The summed E-state index contributed by atoms with van der Waals surface area (Å²) in [6, 6.07) is 12.4. The van der Waals surface area contributed by atoms with E-state index >= 15 is 0 Å². The average Bonchev–Trinajstić information content (AvgIpc) is 3.17. The maximum Gasteiger partial charge on any atom is 0.312 e. The minimum atomic E-state index is -0.742. The molecule has 3 amide bonds. The number of amides is 3. The van der Waals surface area contributed by atoms with E-state index in [0.29, 0.717) is 22.2 Å². The minimum absolute atomic E-state index is 0.0518. The zero-order valence-corrected chi connectivity index (χ0v) is 18.0. The molecule has 1 heterocycles. The Kier molecular flexibility index (Phi) is 7.15. The van der Waals surface area contributed by atoms with Gasteiger partial charge in [0.15, 0.2) is 0 Å². The van der Waals surface area contributed by atoms with Gasteiger partial charge in [-0.15, -0.1) is 0 Å². The van der Waals surface area contributed by atoms with Gasteiger partial charge in [0, 0.05) is 24.5 Å². The van der Waals surface area contributed by atoms with Crippen molar-refractivity contribution in [2.45, 2.75) is 18.5 Å². The van der Waals surface area contributed by atoms with Crippen LogP contribution in [-0.2, 0) is 11.8 Å². The van der Waals surface area contributed by atoms with Gasteiger partial charge in [-0.25, -0.2) is 9.78 Å². The smallest absolute Gasteiger partial charge is 0.312 e. The van der Waals surface area contributed by atoms with E-state index in [4.69, 9.17) is 22.1 Å². The second-order valence-electron chi connectivity index (χ2n) is 6.96. The molecule has 0 fully saturated rings. The molecule has 8 nitrogen and oxygen atoms in total. The molecule has 0 spiro atoms. The van der Waals surface area contributed by atoms with Crippen LogP contribution in [-0.4, -0.2) is 28.6 Å². The molecule has 0 bridgehead atoms. The second kappa shape index (κ2) is 9.99. The SMILES string of the molecule is COc1ccc([C@H](NC(=O)C[C@@H](NC(N)=O)c2ccccc2Cl)c2nccn2C)cc1. The predicted molar refractivity (Wildman–Crippen MR) is 118 cm³/mol. The fourth-order valence-electron chi connectivity index (χ4n) is 3.32. The molecule has 0 radical (unpaired) electrons. The van der Waals surface area contributed by atoms with Crippen molar-refractivity contribution in [3.8, 4) is 5.75 Å². The number of carbonyl (C=O) groups excluding carboxylic acids is 2. The molecule has 4 N–H and O–H groups in total. The number of aromatic nitrogens is 2. The first-order chi connectivity index (χ1) is 14.9. The third-order valence-corrected chi connectivity index (χ3v) is 5.20. The van der Waals surface area contributed by atoms with E-state index in [1.165, 1.54) is 0 Å². The van der Waals surface area contributed by atoms with Crippen molar-refractivity contribution in [2.75, 3.05) is 7.11 Å². The molecular formula is C22H24ClN5O3. The molecule has 31 heavy (non-hydrogen) atoms. The zero-order valence-electron chi connectivity index (χ0n) is 17.2. The largest absolute Gasteiger partial charge is 0.497 e. The number of rotatable bonds is 8. The van der Waals surface area contributed by atoms with Crippen molar-refractivity contribution in [3.05, 3.63) is 82.9 Å². The van der Waals surface area contributed by atoms with Gasteiger partial charge in [0.1, 0.15) is 17.6 Å². The van der Waals surface area contributed by atoms with Crippen LogP contribution in [0.5, 0.6) is 5.75 Å². The lowest BCUT2D eigenvalue weighted by Gasteiger charge is -2.23. The molecule has 3 aromatic rings. The molecular weight excluding hydrogens is 418 g/mol. The Morgan fingerprint density at radius 1 is 1.16 bits per heavy atom. The summed E-state index contributed by atoms with van der Waals surface area (Å²) in [4.78, 5) is 28.9. The van der Waals surface area contributed by atoms with E-state index in [-0.39, 0.29) is 12.3 Å². The molecule has 0 aliphatic carbocycles. The Morgan fingerprint density at radius 3 is 2.45 bits per heavy atom. The van der Waals surface area contributed by atoms with Crippen LogP contribution >= 0.6 is 11.6 Å². The average molecular weight is 442 g/mol. The topological polar surface area (TPSA) is 111 Å². The van der Waals surface area contributed by atoms with E-state index in [1.54, 1.807) is 43.8 Å². The van der Waals surface area contributed by atoms with Crippen molar-refractivity contribution >= 4 is 23.5 Å². The van der Waals surface area contributed by atoms with E-state index < -0.39 is 18.1 Å². The molecule has 0 saturated carbocycles. The van der Waals surface area contributed by atoms with Crippen molar-refractivity contribution in [1.82, 2.24) is 20.2 Å². The van der Waals surface area contributed by atoms with Crippen molar-refractivity contribution in [2.24, 2.45) is 12.8 Å². The summed E-state index contributed by atoms with van der Waals surface area (Å²) in [6.45, 7) is 0. The van der Waals surface area contributed by atoms with Crippen LogP contribution in [0.4, 0.5) is 4.79 Å². The van der Waals surface area contributed by atoms with E-state index in [2.05, 4.69) is 15.6 Å². The molecule has 0 aliphatic heterocycles. The number of benzene rings is 2. The Labute approximate surface area is 185 Å². The van der Waals surface area contributed by atoms with Gasteiger partial charge >= 0.3 is 6.03 Å². The summed E-state index contributed by atoms with van der Waals surface area (Å²) in [6.07, 6.45) is 3.42. The maximum atomic E-state index is 13.0. The number of ether oxygens (including phenoxy) is 1. The lowest BCUT2D eigenvalue weighted by atomic mass is 10.0. The fraction of sp³-hybridized carbons (Fsp3) is 0.227. The molecule has 0 aliphatic rings. The zero-order chi connectivity index (χ0) is 22.4. The number of imidazole rings is 1. The van der Waals surface area contributed by atoms with Gasteiger partial charge in [-0.3, -0.25) is 4.79 Å². The third-order valence-electron chi connectivity index (χ3n) is 4.86. The molecule has 2 atom stereocenters. The highest BCUT2D eigenvalue weighted by Crippen LogP contribution is 2.27. The van der Waals surface area contributed by atoms with Gasteiger partial charge in [-0.05, 0) is 29.3 Å². The Morgan fingerprint density at radius 2 is 1.87 bits per heavy atom. The number of carbonyl (C=O) groups is 2. The lowest BCUT2D eigenvalue weighted by molar-refractivity contribution is -0.122. The summed E-state index contributed by atoms with van der Waals surface area (Å²) >= 11 is 6.27. The number of aryl methyl sites for hydroxylation is 1. The van der Waals surface area contributed by atoms with Gasteiger partial charge in [-0.1, -0.05) is 41.9 Å². The highest BCUT2D eigenvalue weighted by Gasteiger charge is 2.25. The van der Waals surface area contributed by atoms with Crippen LogP contribution in [0.1, 0.15) is 35.5 Å². The lowest BCUT2D eigenvalue weighted by Crippen LogP contribution is -2.38. The summed E-state index contributed by atoms with van der Waals surface area (Å²) in [7, 11) is 3.44. The van der Waals surface area contributed by atoms with Crippen molar-refractivity contribution in [3.63, 3.8) is 0 Å². The quantitative estimate of drug-likeness (QED) is 0.498. The normalized spacial score (nSPS) is 12.6. The first kappa shape index (κ1) is 22.2. The molecule has 1 aromatic heterocycles. The summed E-state index contributed by atoms with van der Waals surface area (Å²) in [5, 5.41) is 6.04. The van der Waals surface area contributed by atoms with Crippen LogP contribution in [0.3, 0.4) is 0 Å². The highest BCUT2D eigenvalue weighted by atomic mass is 35.5. The van der Waals surface area contributed by atoms with E-state index in [9.17, 15) is 9.59 Å². The fourth-order valence-corrected chi connectivity index (χ4v) is 3.59. The number of nitrogens with two attached hydrogens (primary N) is 1. The van der Waals surface area contributed by atoms with Gasteiger partial charge in [0.2, 0.25) is 5.91 Å². The number of methoxy groups -OCH3 is 1. The van der Waals surface area contributed by atoms with Gasteiger partial charge in [0.05, 0.1) is 19.6 Å². The van der Waals surface area contributed by atoms with Crippen molar-refractivity contribution < 1.29 is 14.3 Å². The third kappa shape index (κ3) is 5.55. The maximum absolute atomic E-state index is 13.0. The molecule has 162 valence electrons. The first-order valence-electron chi connectivity index (χ1n) is 9.60. The summed E-state index contributed by atoms with van der Waals surface area (Å²) in [5.41, 5.74) is 6.76. The molecule has 0 unspecified atom stereocenters. The Hall–Kier alpha value is -3.52. The number of hydrogen-bond donors (Lipinski definition) is 3. The molecule has 9 heteroatoms. The van der Waals surface area contributed by atoms with Crippen LogP contribution in [0.15, 0.2) is 60.9 Å². The Bertz CT molecular complexity index is 1050. The molecule has 2 aromatic carbocycles.